The highest BCUT2D eigenvalue weighted by atomic mass is 35.5. The molecule has 0 saturated heterocycles. The van der Waals surface area contributed by atoms with Gasteiger partial charge in [0.15, 0.2) is 0 Å². The standard InChI is InChI=1S/C15H13Cl2N3O3/c1-23-7-11-13(15(21)22)14(20-12(19-11)4-5-18-20)8-2-3-9(16)10(17)6-8/h2-6,14,19H,7H2,1H3,(H,21,22). The van der Waals surface area contributed by atoms with E-state index < -0.39 is 12.0 Å². The van der Waals surface area contributed by atoms with Crippen LogP contribution in [0.3, 0.4) is 0 Å². The van der Waals surface area contributed by atoms with E-state index in [0.717, 1.165) is 0 Å². The number of carboxylic acids is 1. The lowest BCUT2D eigenvalue weighted by Crippen LogP contribution is -2.30. The van der Waals surface area contributed by atoms with Crippen molar-refractivity contribution in [2.45, 2.75) is 6.04 Å². The summed E-state index contributed by atoms with van der Waals surface area (Å²) in [6.07, 6.45) is 1.60. The predicted molar refractivity (Wildman–Crippen MR) is 87.0 cm³/mol. The second-order valence-corrected chi connectivity index (χ2v) is 5.81. The van der Waals surface area contributed by atoms with E-state index in [4.69, 9.17) is 27.9 Å². The Kier molecular flexibility index (Phi) is 4.30. The Morgan fingerprint density at radius 1 is 1.39 bits per heavy atom. The second-order valence-electron chi connectivity index (χ2n) is 4.99. The summed E-state index contributed by atoms with van der Waals surface area (Å²) < 4.78 is 6.72. The highest BCUT2D eigenvalue weighted by Crippen LogP contribution is 2.37. The number of benzene rings is 1. The zero-order valence-corrected chi connectivity index (χ0v) is 13.6. The summed E-state index contributed by atoms with van der Waals surface area (Å²) >= 11 is 12.1. The van der Waals surface area contributed by atoms with Crippen LogP contribution in [0, 0.1) is 0 Å². The van der Waals surface area contributed by atoms with Gasteiger partial charge < -0.3 is 15.2 Å². The molecule has 1 atom stereocenters. The second kappa shape index (κ2) is 6.23. The number of carbonyl (C=O) groups is 1. The maximum absolute atomic E-state index is 11.9. The lowest BCUT2D eigenvalue weighted by molar-refractivity contribution is -0.133. The van der Waals surface area contributed by atoms with E-state index in [1.165, 1.54) is 7.11 Å². The molecule has 1 aliphatic heterocycles. The van der Waals surface area contributed by atoms with Gasteiger partial charge in [-0.1, -0.05) is 29.3 Å². The van der Waals surface area contributed by atoms with Crippen LogP contribution < -0.4 is 5.32 Å². The van der Waals surface area contributed by atoms with Crippen molar-refractivity contribution >= 4 is 35.0 Å². The van der Waals surface area contributed by atoms with Gasteiger partial charge in [-0.05, 0) is 17.7 Å². The highest BCUT2D eigenvalue weighted by Gasteiger charge is 2.34. The largest absolute Gasteiger partial charge is 0.478 e. The number of halogens is 2. The molecule has 1 aliphatic rings. The number of ether oxygens (including phenoxy) is 1. The van der Waals surface area contributed by atoms with E-state index in [2.05, 4.69) is 10.4 Å². The number of carboxylic acid groups (broad SMARTS) is 1. The summed E-state index contributed by atoms with van der Waals surface area (Å²) in [7, 11) is 1.51. The maximum Gasteiger partial charge on any atom is 0.335 e. The molecule has 0 fully saturated rings. The molecule has 2 N–H and O–H groups in total. The van der Waals surface area contributed by atoms with Gasteiger partial charge in [-0.2, -0.15) is 5.10 Å². The van der Waals surface area contributed by atoms with Crippen LogP contribution in [0.5, 0.6) is 0 Å². The van der Waals surface area contributed by atoms with Gasteiger partial charge in [-0.15, -0.1) is 0 Å². The van der Waals surface area contributed by atoms with Crippen LogP contribution in [0.1, 0.15) is 11.6 Å². The fourth-order valence-corrected chi connectivity index (χ4v) is 2.93. The van der Waals surface area contributed by atoms with Crippen LogP contribution in [-0.2, 0) is 9.53 Å². The Morgan fingerprint density at radius 3 is 2.83 bits per heavy atom. The van der Waals surface area contributed by atoms with Gasteiger partial charge in [-0.25, -0.2) is 9.48 Å². The lowest BCUT2D eigenvalue weighted by Gasteiger charge is -2.29. The molecule has 1 unspecified atom stereocenters. The smallest absolute Gasteiger partial charge is 0.335 e. The third kappa shape index (κ3) is 2.81. The number of hydrogen-bond acceptors (Lipinski definition) is 4. The summed E-state index contributed by atoms with van der Waals surface area (Å²) in [6.45, 7) is 0.143. The van der Waals surface area contributed by atoms with E-state index in [1.54, 1.807) is 35.1 Å². The Morgan fingerprint density at radius 2 is 2.17 bits per heavy atom. The van der Waals surface area contributed by atoms with Gasteiger partial charge in [0.2, 0.25) is 0 Å². The van der Waals surface area contributed by atoms with Crippen LogP contribution >= 0.6 is 23.2 Å². The number of nitrogens with zero attached hydrogens (tertiary/aromatic N) is 2. The Balaban J connectivity index is 2.21. The molecule has 2 aromatic rings. The number of hydrogen-bond donors (Lipinski definition) is 2. The number of aromatic nitrogens is 2. The van der Waals surface area contributed by atoms with Crippen molar-refractivity contribution in [3.8, 4) is 0 Å². The van der Waals surface area contributed by atoms with E-state index in [-0.39, 0.29) is 12.2 Å². The van der Waals surface area contributed by atoms with Crippen molar-refractivity contribution in [3.63, 3.8) is 0 Å². The molecule has 0 aliphatic carbocycles. The molecule has 2 heterocycles. The lowest BCUT2D eigenvalue weighted by atomic mass is 9.95. The van der Waals surface area contributed by atoms with E-state index >= 15 is 0 Å². The van der Waals surface area contributed by atoms with Crippen molar-refractivity contribution < 1.29 is 14.6 Å². The topological polar surface area (TPSA) is 76.4 Å². The third-order valence-corrected chi connectivity index (χ3v) is 4.31. The molecular formula is C15H13Cl2N3O3. The van der Waals surface area contributed by atoms with Crippen LogP contribution in [0.4, 0.5) is 5.82 Å². The molecule has 0 spiro atoms. The number of fused-ring (bicyclic) bond motifs is 1. The van der Waals surface area contributed by atoms with Crippen molar-refractivity contribution in [1.82, 2.24) is 9.78 Å². The summed E-state index contributed by atoms with van der Waals surface area (Å²) in [6, 6.07) is 6.17. The summed E-state index contributed by atoms with van der Waals surface area (Å²) in [5.74, 6) is -0.375. The first-order valence-electron chi connectivity index (χ1n) is 6.73. The van der Waals surface area contributed by atoms with E-state index in [0.29, 0.717) is 27.1 Å². The average Bonchev–Trinajstić information content (AvgIpc) is 2.97. The average molecular weight is 354 g/mol. The summed E-state index contributed by atoms with van der Waals surface area (Å²) in [4.78, 5) is 11.9. The maximum atomic E-state index is 11.9. The van der Waals surface area contributed by atoms with Crippen LogP contribution in [-0.4, -0.2) is 34.6 Å². The molecule has 0 amide bonds. The Bertz CT molecular complexity index is 801. The minimum absolute atomic E-state index is 0.143. The first-order valence-corrected chi connectivity index (χ1v) is 7.49. The number of anilines is 1. The molecule has 0 bridgehead atoms. The van der Waals surface area contributed by atoms with Gasteiger partial charge in [-0.3, -0.25) is 0 Å². The molecular weight excluding hydrogens is 341 g/mol. The van der Waals surface area contributed by atoms with Gasteiger partial charge in [0.25, 0.3) is 0 Å². The fraction of sp³-hybridized carbons (Fsp3) is 0.200. The monoisotopic (exact) mass is 353 g/mol. The van der Waals surface area contributed by atoms with Gasteiger partial charge in [0.1, 0.15) is 11.9 Å². The van der Waals surface area contributed by atoms with Crippen molar-refractivity contribution in [3.05, 3.63) is 57.3 Å². The molecule has 0 saturated carbocycles. The number of rotatable bonds is 4. The quantitative estimate of drug-likeness (QED) is 0.882. The summed E-state index contributed by atoms with van der Waals surface area (Å²) in [5, 5.41) is 17.7. The molecule has 6 nitrogen and oxygen atoms in total. The predicted octanol–water partition coefficient (Wildman–Crippen LogP) is 3.19. The van der Waals surface area contributed by atoms with Crippen molar-refractivity contribution in [2.24, 2.45) is 0 Å². The zero-order chi connectivity index (χ0) is 16.6. The van der Waals surface area contributed by atoms with Crippen molar-refractivity contribution in [1.29, 1.82) is 0 Å². The molecule has 120 valence electrons. The first-order chi connectivity index (χ1) is 11.0. The Hall–Kier alpha value is -2.02. The van der Waals surface area contributed by atoms with Gasteiger partial charge in [0, 0.05) is 13.2 Å². The zero-order valence-electron chi connectivity index (χ0n) is 12.1. The minimum atomic E-state index is -1.05. The SMILES string of the molecule is COCC1=C(C(=O)O)C(c2ccc(Cl)c(Cl)c2)n2nccc2N1. The van der Waals surface area contributed by atoms with Crippen LogP contribution in [0.25, 0.3) is 0 Å². The van der Waals surface area contributed by atoms with Gasteiger partial charge >= 0.3 is 5.97 Å². The summed E-state index contributed by atoms with van der Waals surface area (Å²) in [5.41, 5.74) is 1.31. The highest BCUT2D eigenvalue weighted by molar-refractivity contribution is 6.42. The van der Waals surface area contributed by atoms with Crippen LogP contribution in [0.15, 0.2) is 41.7 Å². The molecule has 1 aromatic carbocycles. The van der Waals surface area contributed by atoms with Crippen LogP contribution in [0.2, 0.25) is 10.0 Å². The number of nitrogens with one attached hydrogen (secondary N) is 1. The third-order valence-electron chi connectivity index (χ3n) is 3.57. The number of methoxy groups -OCH3 is 1. The molecule has 1 aromatic heterocycles. The normalized spacial score (nSPS) is 16.9. The van der Waals surface area contributed by atoms with Crippen molar-refractivity contribution in [2.75, 3.05) is 19.0 Å². The van der Waals surface area contributed by atoms with E-state index in [1.807, 2.05) is 0 Å². The molecule has 8 heteroatoms. The van der Waals surface area contributed by atoms with Gasteiger partial charge in [0.05, 0.1) is 34.1 Å². The molecule has 0 radical (unpaired) electrons. The fourth-order valence-electron chi connectivity index (χ4n) is 2.62. The minimum Gasteiger partial charge on any atom is -0.478 e. The number of aliphatic carboxylic acids is 1. The Labute approximate surface area is 142 Å². The first kappa shape index (κ1) is 15.9. The molecule has 23 heavy (non-hydrogen) atoms. The van der Waals surface area contributed by atoms with E-state index in [9.17, 15) is 9.90 Å². The molecule has 3 rings (SSSR count).